The summed E-state index contributed by atoms with van der Waals surface area (Å²) in [5.41, 5.74) is -0.108. The van der Waals surface area contributed by atoms with E-state index >= 15 is 0 Å². The molecule has 2 rings (SSSR count). The summed E-state index contributed by atoms with van der Waals surface area (Å²) < 4.78 is 6.31. The number of rotatable bonds is 6. The number of H-pyrrole nitrogens is 1. The summed E-state index contributed by atoms with van der Waals surface area (Å²) in [6, 6.07) is 7.48. The average molecular weight is 290 g/mol. The highest BCUT2D eigenvalue weighted by molar-refractivity contribution is 5.36. The van der Waals surface area contributed by atoms with Gasteiger partial charge in [-0.2, -0.15) is 4.98 Å². The number of methoxy groups -OCH3 is 1. The molecule has 0 aliphatic carbocycles. The molecule has 0 aliphatic heterocycles. The Morgan fingerprint density at radius 1 is 1.33 bits per heavy atom. The van der Waals surface area contributed by atoms with Gasteiger partial charge in [-0.25, -0.2) is 14.2 Å². The highest BCUT2D eigenvalue weighted by Crippen LogP contribution is 2.17. The maximum Gasteiger partial charge on any atom is 0.354 e. The van der Waals surface area contributed by atoms with Gasteiger partial charge in [0, 0.05) is 18.7 Å². The molecule has 2 aromatic rings. The van der Waals surface area contributed by atoms with Crippen LogP contribution in [0.15, 0.2) is 33.9 Å². The van der Waals surface area contributed by atoms with Crippen molar-refractivity contribution in [3.8, 4) is 5.75 Å². The van der Waals surface area contributed by atoms with Crippen LogP contribution >= 0.6 is 0 Å². The number of nitrogens with one attached hydrogen (secondary N) is 2. The molecule has 0 amide bonds. The van der Waals surface area contributed by atoms with Crippen LogP contribution in [0.5, 0.6) is 5.75 Å². The van der Waals surface area contributed by atoms with E-state index in [-0.39, 0.29) is 5.95 Å². The molecule has 0 fully saturated rings. The second-order valence-corrected chi connectivity index (χ2v) is 4.49. The summed E-state index contributed by atoms with van der Waals surface area (Å²) in [5.74, 6) is 0.884. The normalized spacial score (nSPS) is 10.4. The topological polar surface area (TPSA) is 89.0 Å². The molecule has 0 radical (unpaired) electrons. The Morgan fingerprint density at radius 3 is 2.76 bits per heavy atom. The molecule has 0 unspecified atom stereocenters. The molecule has 0 atom stereocenters. The Kier molecular flexibility index (Phi) is 4.76. The van der Waals surface area contributed by atoms with E-state index in [2.05, 4.69) is 15.3 Å². The van der Waals surface area contributed by atoms with Crippen LogP contribution in [0.1, 0.15) is 18.9 Å². The highest BCUT2D eigenvalue weighted by atomic mass is 16.5. The third-order valence-corrected chi connectivity index (χ3v) is 2.99. The summed E-state index contributed by atoms with van der Waals surface area (Å²) in [6.07, 6.45) is 0.693. The van der Waals surface area contributed by atoms with Crippen LogP contribution in [0.2, 0.25) is 0 Å². The Morgan fingerprint density at radius 2 is 2.10 bits per heavy atom. The summed E-state index contributed by atoms with van der Waals surface area (Å²) in [4.78, 5) is 29.9. The zero-order chi connectivity index (χ0) is 15.2. The van der Waals surface area contributed by atoms with E-state index in [9.17, 15) is 9.59 Å². The van der Waals surface area contributed by atoms with Crippen molar-refractivity contribution < 1.29 is 4.74 Å². The number of aromatic amines is 1. The lowest BCUT2D eigenvalue weighted by atomic mass is 10.2. The predicted octanol–water partition coefficient (Wildman–Crippen LogP) is 0.962. The number of anilines is 1. The zero-order valence-corrected chi connectivity index (χ0v) is 12.0. The fourth-order valence-electron chi connectivity index (χ4n) is 1.97. The molecule has 7 nitrogen and oxygen atoms in total. The molecule has 1 aromatic carbocycles. The minimum absolute atomic E-state index is 0.156. The lowest BCUT2D eigenvalue weighted by Crippen LogP contribution is -2.37. The summed E-state index contributed by atoms with van der Waals surface area (Å²) in [7, 11) is 1.59. The fourth-order valence-corrected chi connectivity index (χ4v) is 1.97. The number of aromatic nitrogens is 3. The van der Waals surface area contributed by atoms with Gasteiger partial charge in [-0.15, -0.1) is 0 Å². The molecule has 2 N–H and O–H groups in total. The Bertz CT molecular complexity index is 689. The third kappa shape index (κ3) is 3.50. The van der Waals surface area contributed by atoms with Gasteiger partial charge < -0.3 is 10.1 Å². The number of hydrogen-bond acceptors (Lipinski definition) is 5. The number of benzene rings is 1. The lowest BCUT2D eigenvalue weighted by molar-refractivity contribution is 0.410. The standard InChI is InChI=1S/C14H18N4O3/c1-3-8-18-13(19)16-12(17-14(18)20)15-9-10-6-4-5-7-11(10)21-2/h4-7H,3,8-9H2,1-2H3,(H2,15,16,17,19,20). The molecular formula is C14H18N4O3. The molecule has 0 aliphatic rings. The molecule has 1 heterocycles. The first-order valence-corrected chi connectivity index (χ1v) is 6.72. The average Bonchev–Trinajstić information content (AvgIpc) is 2.49. The quantitative estimate of drug-likeness (QED) is 0.827. The maximum absolute atomic E-state index is 11.8. The molecule has 0 bridgehead atoms. The first-order valence-electron chi connectivity index (χ1n) is 6.72. The maximum atomic E-state index is 11.8. The van der Waals surface area contributed by atoms with Gasteiger partial charge in [-0.1, -0.05) is 25.1 Å². The van der Waals surface area contributed by atoms with E-state index in [1.807, 2.05) is 31.2 Å². The van der Waals surface area contributed by atoms with Crippen molar-refractivity contribution >= 4 is 5.95 Å². The molecule has 0 saturated heterocycles. The number of ether oxygens (including phenoxy) is 1. The van der Waals surface area contributed by atoms with E-state index in [4.69, 9.17) is 4.74 Å². The van der Waals surface area contributed by atoms with E-state index in [1.165, 1.54) is 0 Å². The number of nitrogens with zero attached hydrogens (tertiary/aromatic N) is 2. The van der Waals surface area contributed by atoms with Crippen molar-refractivity contribution in [1.29, 1.82) is 0 Å². The van der Waals surface area contributed by atoms with Crippen LogP contribution in [0.4, 0.5) is 5.95 Å². The predicted molar refractivity (Wildman–Crippen MR) is 79.7 cm³/mol. The van der Waals surface area contributed by atoms with E-state index in [1.54, 1.807) is 7.11 Å². The first-order chi connectivity index (χ1) is 10.2. The van der Waals surface area contributed by atoms with Gasteiger partial charge in [0.2, 0.25) is 5.95 Å². The SMILES string of the molecule is CCCn1c(=O)nc(NCc2ccccc2OC)[nH]c1=O. The van der Waals surface area contributed by atoms with Crippen molar-refractivity contribution in [1.82, 2.24) is 14.5 Å². The van der Waals surface area contributed by atoms with Crippen molar-refractivity contribution in [3.05, 3.63) is 50.8 Å². The molecule has 1 aromatic heterocycles. The van der Waals surface area contributed by atoms with Gasteiger partial charge in [0.1, 0.15) is 5.75 Å². The number of hydrogen-bond donors (Lipinski definition) is 2. The number of para-hydroxylation sites is 1. The van der Waals surface area contributed by atoms with Crippen LogP contribution in [-0.2, 0) is 13.1 Å². The molecule has 0 saturated carbocycles. The molecule has 7 heteroatoms. The monoisotopic (exact) mass is 290 g/mol. The first kappa shape index (κ1) is 14.8. The summed E-state index contributed by atoms with van der Waals surface area (Å²) in [6.45, 7) is 2.64. The van der Waals surface area contributed by atoms with Gasteiger partial charge in [0.15, 0.2) is 0 Å². The Hall–Kier alpha value is -2.57. The molecule has 112 valence electrons. The van der Waals surface area contributed by atoms with Gasteiger partial charge >= 0.3 is 11.4 Å². The molecule has 0 spiro atoms. The van der Waals surface area contributed by atoms with E-state index < -0.39 is 11.4 Å². The molecular weight excluding hydrogens is 272 g/mol. The minimum atomic E-state index is -0.553. The van der Waals surface area contributed by atoms with Crippen molar-refractivity contribution in [2.75, 3.05) is 12.4 Å². The second kappa shape index (κ2) is 6.74. The van der Waals surface area contributed by atoms with Gasteiger partial charge in [0.05, 0.1) is 7.11 Å². The van der Waals surface area contributed by atoms with Crippen LogP contribution in [0.25, 0.3) is 0 Å². The van der Waals surface area contributed by atoms with Crippen LogP contribution in [0, 0.1) is 0 Å². The third-order valence-electron chi connectivity index (χ3n) is 2.99. The Labute approximate surface area is 121 Å². The minimum Gasteiger partial charge on any atom is -0.496 e. The van der Waals surface area contributed by atoms with Crippen molar-refractivity contribution in [2.45, 2.75) is 26.4 Å². The van der Waals surface area contributed by atoms with Crippen LogP contribution in [-0.4, -0.2) is 21.6 Å². The van der Waals surface area contributed by atoms with Gasteiger partial charge in [-0.3, -0.25) is 4.98 Å². The zero-order valence-electron chi connectivity index (χ0n) is 12.0. The van der Waals surface area contributed by atoms with Crippen LogP contribution < -0.4 is 21.4 Å². The van der Waals surface area contributed by atoms with Gasteiger partial charge in [0.25, 0.3) is 0 Å². The fraction of sp³-hybridized carbons (Fsp3) is 0.357. The van der Waals surface area contributed by atoms with E-state index in [0.29, 0.717) is 19.5 Å². The smallest absolute Gasteiger partial charge is 0.354 e. The van der Waals surface area contributed by atoms with E-state index in [0.717, 1.165) is 15.9 Å². The highest BCUT2D eigenvalue weighted by Gasteiger charge is 2.06. The second-order valence-electron chi connectivity index (χ2n) is 4.49. The van der Waals surface area contributed by atoms with Gasteiger partial charge in [-0.05, 0) is 12.5 Å². The lowest BCUT2D eigenvalue weighted by Gasteiger charge is -2.10. The molecule has 21 heavy (non-hydrogen) atoms. The largest absolute Gasteiger partial charge is 0.496 e. The summed E-state index contributed by atoms with van der Waals surface area (Å²) in [5, 5.41) is 2.93. The Balaban J connectivity index is 2.18. The van der Waals surface area contributed by atoms with Crippen molar-refractivity contribution in [3.63, 3.8) is 0 Å². The van der Waals surface area contributed by atoms with Crippen LogP contribution in [0.3, 0.4) is 0 Å². The summed E-state index contributed by atoms with van der Waals surface area (Å²) >= 11 is 0. The van der Waals surface area contributed by atoms with Crippen molar-refractivity contribution in [2.24, 2.45) is 0 Å².